The molecule has 1 N–H and O–H groups in total. The van der Waals surface area contributed by atoms with Crippen LogP contribution in [0.2, 0.25) is 0 Å². The highest BCUT2D eigenvalue weighted by Gasteiger charge is 2.05. The Kier molecular flexibility index (Phi) is 4.30. The number of carbonyl (C=O) groups excluding carboxylic acids is 1. The minimum Gasteiger partial charge on any atom is -0.480 e. The largest absolute Gasteiger partial charge is 0.480 e. The van der Waals surface area contributed by atoms with E-state index in [9.17, 15) is 9.59 Å². The summed E-state index contributed by atoms with van der Waals surface area (Å²) in [5.74, 6) is -1.65. The average Bonchev–Trinajstić information content (AvgIpc) is 2.25. The van der Waals surface area contributed by atoms with Crippen molar-refractivity contribution < 1.29 is 24.2 Å². The van der Waals surface area contributed by atoms with Gasteiger partial charge in [0.05, 0.1) is 5.56 Å². The van der Waals surface area contributed by atoms with Gasteiger partial charge in [0.2, 0.25) is 0 Å². The normalized spacial score (nSPS) is 9.60. The zero-order valence-electron chi connectivity index (χ0n) is 7.88. The van der Waals surface area contributed by atoms with Gasteiger partial charge in [-0.25, -0.2) is 9.59 Å². The second kappa shape index (κ2) is 5.77. The van der Waals surface area contributed by atoms with Crippen LogP contribution < -0.4 is 0 Å². The number of carboxylic acid groups (broad SMARTS) is 1. The number of carbonyl (C=O) groups is 2. The van der Waals surface area contributed by atoms with Gasteiger partial charge in [-0.05, 0) is 12.1 Å². The van der Waals surface area contributed by atoms with E-state index in [1.54, 1.807) is 30.3 Å². The zero-order chi connectivity index (χ0) is 11.1. The van der Waals surface area contributed by atoms with E-state index >= 15 is 0 Å². The van der Waals surface area contributed by atoms with E-state index < -0.39 is 18.5 Å². The Bertz CT molecular complexity index is 333. The summed E-state index contributed by atoms with van der Waals surface area (Å²) in [5.41, 5.74) is 0.399. The molecule has 1 aromatic carbocycles. The Hall–Kier alpha value is -1.88. The third kappa shape index (κ3) is 4.24. The molecule has 0 saturated carbocycles. The maximum Gasteiger partial charge on any atom is 0.340 e. The van der Waals surface area contributed by atoms with E-state index in [1.165, 1.54) is 0 Å². The summed E-state index contributed by atoms with van der Waals surface area (Å²) in [4.78, 5) is 21.3. The predicted octanol–water partition coefficient (Wildman–Crippen LogP) is 0.902. The lowest BCUT2D eigenvalue weighted by Gasteiger charge is -2.03. The minimum atomic E-state index is -1.11. The molecular weight excluding hydrogens is 200 g/mol. The maximum atomic E-state index is 11.2. The number of hydrogen-bond acceptors (Lipinski definition) is 4. The molecule has 15 heavy (non-hydrogen) atoms. The molecule has 5 nitrogen and oxygen atoms in total. The molecule has 0 spiro atoms. The fourth-order valence-corrected chi connectivity index (χ4v) is 0.882. The summed E-state index contributed by atoms with van der Waals surface area (Å²) >= 11 is 0. The molecule has 1 rings (SSSR count). The van der Waals surface area contributed by atoms with Gasteiger partial charge in [-0.3, -0.25) is 0 Å². The van der Waals surface area contributed by atoms with Crippen molar-refractivity contribution in [1.82, 2.24) is 0 Å². The number of aliphatic carboxylic acids is 1. The molecule has 1 aromatic rings. The molecule has 0 amide bonds. The Morgan fingerprint density at radius 3 is 2.47 bits per heavy atom. The van der Waals surface area contributed by atoms with Crippen molar-refractivity contribution in [2.75, 3.05) is 13.4 Å². The third-order valence-corrected chi connectivity index (χ3v) is 1.51. The van der Waals surface area contributed by atoms with Gasteiger partial charge in [-0.1, -0.05) is 18.2 Å². The molecule has 0 unspecified atom stereocenters. The Morgan fingerprint density at radius 2 is 1.87 bits per heavy atom. The van der Waals surface area contributed by atoms with Gasteiger partial charge in [0.1, 0.15) is 6.61 Å². The molecule has 0 aromatic heterocycles. The molecule has 0 fully saturated rings. The first kappa shape index (κ1) is 11.2. The highest BCUT2D eigenvalue weighted by Crippen LogP contribution is 2.00. The molecule has 0 aliphatic rings. The molecule has 0 aliphatic carbocycles. The molecular formula is C10H10O5. The number of carboxylic acids is 1. The lowest BCUT2D eigenvalue weighted by Crippen LogP contribution is -2.13. The van der Waals surface area contributed by atoms with E-state index in [2.05, 4.69) is 9.47 Å². The first-order chi connectivity index (χ1) is 7.20. The van der Waals surface area contributed by atoms with Crippen LogP contribution >= 0.6 is 0 Å². The lowest BCUT2D eigenvalue weighted by atomic mass is 10.2. The van der Waals surface area contributed by atoms with E-state index in [-0.39, 0.29) is 6.79 Å². The molecule has 0 atom stereocenters. The van der Waals surface area contributed by atoms with Gasteiger partial charge >= 0.3 is 11.9 Å². The van der Waals surface area contributed by atoms with Gasteiger partial charge in [0.15, 0.2) is 6.79 Å². The number of benzene rings is 1. The van der Waals surface area contributed by atoms with Crippen molar-refractivity contribution in [3.63, 3.8) is 0 Å². The van der Waals surface area contributed by atoms with E-state index in [0.29, 0.717) is 5.56 Å². The molecule has 5 heteroatoms. The standard InChI is InChI=1S/C10H10O5/c11-9(12)6-14-7-15-10(13)8-4-2-1-3-5-8/h1-5H,6-7H2,(H,11,12). The van der Waals surface area contributed by atoms with Crippen LogP contribution in [0.3, 0.4) is 0 Å². The maximum absolute atomic E-state index is 11.2. The summed E-state index contributed by atoms with van der Waals surface area (Å²) in [6, 6.07) is 8.38. The molecule has 0 heterocycles. The van der Waals surface area contributed by atoms with Crippen LogP contribution in [0.4, 0.5) is 0 Å². The van der Waals surface area contributed by atoms with Crippen molar-refractivity contribution in [2.24, 2.45) is 0 Å². The predicted molar refractivity (Wildman–Crippen MR) is 50.3 cm³/mol. The molecule has 0 bridgehead atoms. The first-order valence-corrected chi connectivity index (χ1v) is 4.22. The van der Waals surface area contributed by atoms with Gasteiger partial charge in [0.25, 0.3) is 0 Å². The number of hydrogen-bond donors (Lipinski definition) is 1. The fraction of sp³-hybridized carbons (Fsp3) is 0.200. The smallest absolute Gasteiger partial charge is 0.340 e. The van der Waals surface area contributed by atoms with Crippen LogP contribution in [0.5, 0.6) is 0 Å². The highest BCUT2D eigenvalue weighted by molar-refractivity contribution is 5.89. The van der Waals surface area contributed by atoms with Gasteiger partial charge in [0, 0.05) is 0 Å². The number of rotatable bonds is 5. The highest BCUT2D eigenvalue weighted by atomic mass is 16.7. The Morgan fingerprint density at radius 1 is 1.20 bits per heavy atom. The van der Waals surface area contributed by atoms with Crippen LogP contribution in [-0.4, -0.2) is 30.4 Å². The van der Waals surface area contributed by atoms with Crippen molar-refractivity contribution >= 4 is 11.9 Å². The minimum absolute atomic E-state index is 0.361. The van der Waals surface area contributed by atoms with Gasteiger partial charge < -0.3 is 14.6 Å². The second-order valence-electron chi connectivity index (χ2n) is 2.66. The van der Waals surface area contributed by atoms with Crippen LogP contribution in [0.25, 0.3) is 0 Å². The summed E-state index contributed by atoms with van der Waals surface area (Å²) < 4.78 is 9.20. The average molecular weight is 210 g/mol. The molecule has 0 aliphatic heterocycles. The molecule has 0 saturated heterocycles. The molecule has 80 valence electrons. The number of esters is 1. The Balaban J connectivity index is 2.28. The van der Waals surface area contributed by atoms with Gasteiger partial charge in [-0.2, -0.15) is 0 Å². The summed E-state index contributed by atoms with van der Waals surface area (Å²) in [6.07, 6.45) is 0. The van der Waals surface area contributed by atoms with E-state index in [0.717, 1.165) is 0 Å². The zero-order valence-corrected chi connectivity index (χ0v) is 7.88. The lowest BCUT2D eigenvalue weighted by molar-refractivity contribution is -0.146. The topological polar surface area (TPSA) is 72.8 Å². The van der Waals surface area contributed by atoms with Gasteiger partial charge in [-0.15, -0.1) is 0 Å². The summed E-state index contributed by atoms with van der Waals surface area (Å²) in [7, 11) is 0. The van der Waals surface area contributed by atoms with E-state index in [1.807, 2.05) is 0 Å². The van der Waals surface area contributed by atoms with Crippen molar-refractivity contribution in [1.29, 1.82) is 0 Å². The number of ether oxygens (including phenoxy) is 2. The Labute approximate surface area is 86.2 Å². The third-order valence-electron chi connectivity index (χ3n) is 1.51. The van der Waals surface area contributed by atoms with Crippen LogP contribution in [0.15, 0.2) is 30.3 Å². The second-order valence-corrected chi connectivity index (χ2v) is 2.66. The monoisotopic (exact) mass is 210 g/mol. The SMILES string of the molecule is O=C(O)COCOC(=O)c1ccccc1. The first-order valence-electron chi connectivity index (χ1n) is 4.22. The van der Waals surface area contributed by atoms with Crippen molar-refractivity contribution in [3.8, 4) is 0 Å². The quantitative estimate of drug-likeness (QED) is 0.444. The van der Waals surface area contributed by atoms with E-state index in [4.69, 9.17) is 5.11 Å². The fourth-order valence-electron chi connectivity index (χ4n) is 0.882. The summed E-state index contributed by atoms with van der Waals surface area (Å²) in [6.45, 7) is -0.845. The van der Waals surface area contributed by atoms with Crippen LogP contribution in [-0.2, 0) is 14.3 Å². The summed E-state index contributed by atoms with van der Waals surface area (Å²) in [5, 5.41) is 8.23. The van der Waals surface area contributed by atoms with Crippen LogP contribution in [0, 0.1) is 0 Å². The van der Waals surface area contributed by atoms with Crippen molar-refractivity contribution in [2.45, 2.75) is 0 Å². The van der Waals surface area contributed by atoms with Crippen LogP contribution in [0.1, 0.15) is 10.4 Å². The molecule has 0 radical (unpaired) electrons. The van der Waals surface area contributed by atoms with Crippen molar-refractivity contribution in [3.05, 3.63) is 35.9 Å².